The molecule has 0 aliphatic rings. The van der Waals surface area contributed by atoms with Crippen molar-refractivity contribution >= 4 is 52.9 Å². The second kappa shape index (κ2) is 18.1. The number of esters is 1. The molecule has 0 fully saturated rings. The quantitative estimate of drug-likeness (QED) is 0.0462. The van der Waals surface area contributed by atoms with Crippen molar-refractivity contribution < 1.29 is 28.3 Å². The molecule has 1 unspecified atom stereocenters. The third-order valence-electron chi connectivity index (χ3n) is 7.54. The topological polar surface area (TPSA) is 114 Å². The van der Waals surface area contributed by atoms with Crippen molar-refractivity contribution in [2.24, 2.45) is 0 Å². The summed E-state index contributed by atoms with van der Waals surface area (Å²) in [5.41, 5.74) is 2.35. The number of ether oxygens (including phenoxy) is 1. The lowest BCUT2D eigenvalue weighted by Crippen LogP contribution is -2.30. The maximum atomic E-state index is 14.6. The van der Waals surface area contributed by atoms with Crippen LogP contribution in [0.5, 0.6) is 0 Å². The molecule has 10 heteroatoms. The zero-order chi connectivity index (χ0) is 36.0. The highest BCUT2D eigenvalue weighted by Crippen LogP contribution is 2.37. The fraction of sp³-hybridized carbons (Fsp3) is 0.122. The molecule has 3 N–H and O–H groups in total. The Hall–Kier alpha value is -6.00. The van der Waals surface area contributed by atoms with E-state index in [0.29, 0.717) is 34.0 Å². The third kappa shape index (κ3) is 10.5. The SMILES string of the molecule is CCCCOC(=O)c1ccc(NC(=O)C(Sc2cccc(NC(=O)/C(=C/c3ccccc3F)NC(=O)c3ccccc3)c2)c2ccccc2)cc1. The van der Waals surface area contributed by atoms with E-state index < -0.39 is 28.9 Å². The summed E-state index contributed by atoms with van der Waals surface area (Å²) in [5, 5.41) is 7.67. The summed E-state index contributed by atoms with van der Waals surface area (Å²) in [6.45, 7) is 2.37. The molecule has 0 saturated carbocycles. The lowest BCUT2D eigenvalue weighted by molar-refractivity contribution is -0.116. The fourth-order valence-electron chi connectivity index (χ4n) is 4.86. The van der Waals surface area contributed by atoms with Crippen LogP contribution in [0.15, 0.2) is 144 Å². The molecule has 258 valence electrons. The van der Waals surface area contributed by atoms with E-state index in [-0.39, 0.29) is 17.2 Å². The highest BCUT2D eigenvalue weighted by atomic mass is 32.2. The number of rotatable bonds is 14. The van der Waals surface area contributed by atoms with Gasteiger partial charge in [0.05, 0.1) is 12.2 Å². The Kier molecular flexibility index (Phi) is 12.9. The van der Waals surface area contributed by atoms with Crippen LogP contribution in [0.1, 0.15) is 56.9 Å². The van der Waals surface area contributed by atoms with Crippen molar-refractivity contribution in [3.63, 3.8) is 0 Å². The van der Waals surface area contributed by atoms with Gasteiger partial charge in [-0.1, -0.05) is 86.1 Å². The van der Waals surface area contributed by atoms with Gasteiger partial charge in [0.15, 0.2) is 0 Å². The van der Waals surface area contributed by atoms with Crippen molar-refractivity contribution in [3.8, 4) is 0 Å². The van der Waals surface area contributed by atoms with E-state index in [2.05, 4.69) is 16.0 Å². The summed E-state index contributed by atoms with van der Waals surface area (Å²) in [7, 11) is 0. The maximum Gasteiger partial charge on any atom is 0.338 e. The number of amides is 3. The molecule has 5 aromatic carbocycles. The first-order valence-corrected chi connectivity index (χ1v) is 17.2. The summed E-state index contributed by atoms with van der Waals surface area (Å²) in [5.74, 6) is -2.46. The zero-order valence-electron chi connectivity index (χ0n) is 27.8. The molecule has 0 aromatic heterocycles. The molecule has 5 rings (SSSR count). The summed E-state index contributed by atoms with van der Waals surface area (Å²) in [4.78, 5) is 53.3. The van der Waals surface area contributed by atoms with Gasteiger partial charge in [0.1, 0.15) is 16.8 Å². The molecule has 51 heavy (non-hydrogen) atoms. The normalized spacial score (nSPS) is 11.6. The van der Waals surface area contributed by atoms with Gasteiger partial charge in [-0.2, -0.15) is 0 Å². The second-order valence-electron chi connectivity index (χ2n) is 11.3. The van der Waals surface area contributed by atoms with Crippen molar-refractivity contribution in [1.82, 2.24) is 5.32 Å². The van der Waals surface area contributed by atoms with Gasteiger partial charge in [0, 0.05) is 27.4 Å². The molecular formula is C41H36FN3O5S. The van der Waals surface area contributed by atoms with E-state index in [1.807, 2.05) is 43.3 Å². The van der Waals surface area contributed by atoms with Crippen molar-refractivity contribution in [3.05, 3.63) is 167 Å². The molecule has 3 amide bonds. The monoisotopic (exact) mass is 701 g/mol. The lowest BCUT2D eigenvalue weighted by Gasteiger charge is -2.18. The van der Waals surface area contributed by atoms with Gasteiger partial charge in [-0.3, -0.25) is 14.4 Å². The number of thioether (sulfide) groups is 1. The van der Waals surface area contributed by atoms with Gasteiger partial charge < -0.3 is 20.7 Å². The van der Waals surface area contributed by atoms with E-state index in [0.717, 1.165) is 18.4 Å². The average Bonchev–Trinajstić information content (AvgIpc) is 3.15. The first-order chi connectivity index (χ1) is 24.8. The van der Waals surface area contributed by atoms with Crippen LogP contribution in [-0.4, -0.2) is 30.3 Å². The molecule has 1 atom stereocenters. The summed E-state index contributed by atoms with van der Waals surface area (Å²) in [6, 6.07) is 37.0. The van der Waals surface area contributed by atoms with Crippen molar-refractivity contribution in [1.29, 1.82) is 0 Å². The average molecular weight is 702 g/mol. The van der Waals surface area contributed by atoms with Gasteiger partial charge in [-0.25, -0.2) is 9.18 Å². The molecule has 0 radical (unpaired) electrons. The van der Waals surface area contributed by atoms with Crippen LogP contribution >= 0.6 is 11.8 Å². The number of unbranched alkanes of at least 4 members (excludes halogenated alkanes) is 1. The third-order valence-corrected chi connectivity index (χ3v) is 8.79. The Bertz CT molecular complexity index is 2000. The van der Waals surface area contributed by atoms with E-state index >= 15 is 0 Å². The molecule has 0 aliphatic heterocycles. The number of halogens is 1. The second-order valence-corrected chi connectivity index (χ2v) is 12.5. The molecule has 0 bridgehead atoms. The molecule has 0 saturated heterocycles. The standard InChI is InChI=1S/C41H36FN3O5S/c1-2-3-25-50-41(49)30-21-23-32(24-22-30)43-40(48)37(28-13-6-4-7-14-28)51-34-19-12-18-33(27-34)44-39(47)36(26-31-17-10-11-20-35(31)42)45-38(46)29-15-8-5-9-16-29/h4-24,26-27,37H,2-3,25H2,1H3,(H,43,48)(H,44,47)(H,45,46)/b36-26-. The first-order valence-electron chi connectivity index (χ1n) is 16.3. The number of hydrogen-bond acceptors (Lipinski definition) is 6. The Labute approximate surface area is 300 Å². The summed E-state index contributed by atoms with van der Waals surface area (Å²) >= 11 is 1.28. The van der Waals surface area contributed by atoms with Gasteiger partial charge in [0.2, 0.25) is 5.91 Å². The molecule has 0 aliphatic carbocycles. The predicted octanol–water partition coefficient (Wildman–Crippen LogP) is 8.66. The minimum absolute atomic E-state index is 0.124. The van der Waals surface area contributed by atoms with Crippen LogP contribution in [0, 0.1) is 5.82 Å². The number of carbonyl (C=O) groups excluding carboxylic acids is 4. The Morgan fingerprint density at radius 3 is 2.14 bits per heavy atom. The minimum atomic E-state index is -0.683. The van der Waals surface area contributed by atoms with E-state index in [1.165, 1.54) is 36.0 Å². The Morgan fingerprint density at radius 1 is 0.745 bits per heavy atom. The Morgan fingerprint density at radius 2 is 1.43 bits per heavy atom. The van der Waals surface area contributed by atoms with Gasteiger partial charge >= 0.3 is 5.97 Å². The smallest absolute Gasteiger partial charge is 0.338 e. The largest absolute Gasteiger partial charge is 0.462 e. The molecule has 0 heterocycles. The number of nitrogens with one attached hydrogen (secondary N) is 3. The summed E-state index contributed by atoms with van der Waals surface area (Å²) < 4.78 is 19.8. The van der Waals surface area contributed by atoms with Crippen LogP contribution in [0.2, 0.25) is 0 Å². The highest BCUT2D eigenvalue weighted by Gasteiger charge is 2.23. The van der Waals surface area contributed by atoms with Crippen LogP contribution in [0.3, 0.4) is 0 Å². The van der Waals surface area contributed by atoms with Gasteiger partial charge in [-0.05, 0) is 78.7 Å². The predicted molar refractivity (Wildman–Crippen MR) is 199 cm³/mol. The van der Waals surface area contributed by atoms with E-state index in [9.17, 15) is 23.6 Å². The van der Waals surface area contributed by atoms with Crippen molar-refractivity contribution in [2.75, 3.05) is 17.2 Å². The van der Waals surface area contributed by atoms with Crippen LogP contribution in [0.4, 0.5) is 15.8 Å². The number of anilines is 2. The highest BCUT2D eigenvalue weighted by molar-refractivity contribution is 8.00. The minimum Gasteiger partial charge on any atom is -0.462 e. The van der Waals surface area contributed by atoms with Crippen LogP contribution < -0.4 is 16.0 Å². The zero-order valence-corrected chi connectivity index (χ0v) is 28.6. The van der Waals surface area contributed by atoms with Gasteiger partial charge in [0.25, 0.3) is 11.8 Å². The van der Waals surface area contributed by atoms with E-state index in [1.54, 1.807) is 78.9 Å². The first kappa shape index (κ1) is 36.3. The van der Waals surface area contributed by atoms with E-state index in [4.69, 9.17) is 4.74 Å². The lowest BCUT2D eigenvalue weighted by atomic mass is 10.1. The fourth-order valence-corrected chi connectivity index (χ4v) is 5.95. The number of hydrogen-bond donors (Lipinski definition) is 3. The molecule has 5 aromatic rings. The number of benzene rings is 5. The maximum absolute atomic E-state index is 14.6. The van der Waals surface area contributed by atoms with Gasteiger partial charge in [-0.15, -0.1) is 11.8 Å². The summed E-state index contributed by atoms with van der Waals surface area (Å²) in [6.07, 6.45) is 2.98. The molecule has 0 spiro atoms. The number of carbonyl (C=O) groups is 4. The van der Waals surface area contributed by atoms with Crippen LogP contribution in [0.25, 0.3) is 6.08 Å². The Balaban J connectivity index is 1.33. The van der Waals surface area contributed by atoms with Crippen LogP contribution in [-0.2, 0) is 14.3 Å². The molecular weight excluding hydrogens is 666 g/mol. The van der Waals surface area contributed by atoms with Crippen molar-refractivity contribution in [2.45, 2.75) is 29.9 Å². The molecule has 8 nitrogen and oxygen atoms in total.